The maximum absolute atomic E-state index is 11.1. The summed E-state index contributed by atoms with van der Waals surface area (Å²) in [6.07, 6.45) is 0. The third-order valence-electron chi connectivity index (χ3n) is 2.95. The van der Waals surface area contributed by atoms with Crippen LogP contribution in [-0.2, 0) is 0 Å². The Bertz CT molecular complexity index is 648. The number of benzene rings is 1. The van der Waals surface area contributed by atoms with Gasteiger partial charge in [0.05, 0.1) is 17.6 Å². The first-order valence-electron chi connectivity index (χ1n) is 6.23. The van der Waals surface area contributed by atoms with E-state index in [0.29, 0.717) is 0 Å². The van der Waals surface area contributed by atoms with Gasteiger partial charge < -0.3 is 16.2 Å². The maximum Gasteiger partial charge on any atom is 0.332 e. The number of nitrogens with one attached hydrogen (secondary N) is 1. The molecule has 21 heavy (non-hydrogen) atoms. The lowest BCUT2D eigenvalue weighted by Crippen LogP contribution is -2.18. The van der Waals surface area contributed by atoms with Crippen molar-refractivity contribution in [2.24, 2.45) is 0 Å². The summed E-state index contributed by atoms with van der Waals surface area (Å²) >= 11 is 0. The van der Waals surface area contributed by atoms with Gasteiger partial charge in [0.2, 0.25) is 11.8 Å². The van der Waals surface area contributed by atoms with Gasteiger partial charge in [-0.25, -0.2) is 4.98 Å². The molecule has 1 heterocycles. The van der Waals surface area contributed by atoms with Crippen molar-refractivity contribution in [3.8, 4) is 0 Å². The molecule has 0 radical (unpaired) electrons. The van der Waals surface area contributed by atoms with Gasteiger partial charge in [-0.1, -0.05) is 30.3 Å². The summed E-state index contributed by atoms with van der Waals surface area (Å²) in [6.45, 7) is 1.24. The normalized spacial score (nSPS) is 11.9. The van der Waals surface area contributed by atoms with Crippen LogP contribution in [0, 0.1) is 17.0 Å². The quantitative estimate of drug-likeness (QED) is 0.561. The molecule has 0 fully saturated rings. The van der Waals surface area contributed by atoms with Crippen LogP contribution in [0.4, 0.5) is 17.5 Å². The molecule has 2 aromatic rings. The molecule has 1 aromatic carbocycles. The van der Waals surface area contributed by atoms with E-state index >= 15 is 0 Å². The molecule has 8 heteroatoms. The Kier molecular flexibility index (Phi) is 4.29. The largest absolute Gasteiger partial charge is 0.394 e. The number of aliphatic hydroxyl groups is 1. The number of aliphatic hydroxyl groups excluding tert-OH is 1. The van der Waals surface area contributed by atoms with E-state index in [0.717, 1.165) is 5.56 Å². The SMILES string of the molecule is Cc1nc(N)nc(NC(CO)c2ccccc2)c1[N+](=O)[O-]. The van der Waals surface area contributed by atoms with Gasteiger partial charge in [-0.2, -0.15) is 4.98 Å². The summed E-state index contributed by atoms with van der Waals surface area (Å²) < 4.78 is 0. The minimum atomic E-state index is -0.573. The Morgan fingerprint density at radius 1 is 1.38 bits per heavy atom. The summed E-state index contributed by atoms with van der Waals surface area (Å²) in [5.74, 6) is -0.0711. The molecule has 1 aromatic heterocycles. The Hall–Kier alpha value is -2.74. The van der Waals surface area contributed by atoms with E-state index in [1.165, 1.54) is 6.92 Å². The van der Waals surface area contributed by atoms with Crippen molar-refractivity contribution in [3.05, 3.63) is 51.7 Å². The molecule has 1 atom stereocenters. The van der Waals surface area contributed by atoms with Crippen molar-refractivity contribution >= 4 is 17.5 Å². The maximum atomic E-state index is 11.1. The van der Waals surface area contributed by atoms with E-state index in [2.05, 4.69) is 15.3 Å². The molecule has 0 aliphatic rings. The van der Waals surface area contributed by atoms with Crippen molar-refractivity contribution < 1.29 is 10.0 Å². The number of nitrogen functional groups attached to an aromatic ring is 1. The summed E-state index contributed by atoms with van der Waals surface area (Å²) in [4.78, 5) is 18.2. The minimum Gasteiger partial charge on any atom is -0.394 e. The van der Waals surface area contributed by atoms with E-state index < -0.39 is 11.0 Å². The molecule has 0 bridgehead atoms. The van der Waals surface area contributed by atoms with Crippen LogP contribution in [0.5, 0.6) is 0 Å². The second kappa shape index (κ2) is 6.14. The van der Waals surface area contributed by atoms with Gasteiger partial charge in [-0.15, -0.1) is 0 Å². The number of nitro groups is 1. The summed E-state index contributed by atoms with van der Waals surface area (Å²) in [6, 6.07) is 8.54. The number of hydrogen-bond donors (Lipinski definition) is 3. The Balaban J connectivity index is 2.40. The highest BCUT2D eigenvalue weighted by molar-refractivity contribution is 5.61. The molecule has 0 amide bonds. The topological polar surface area (TPSA) is 127 Å². The zero-order valence-corrected chi connectivity index (χ0v) is 11.4. The van der Waals surface area contributed by atoms with Crippen molar-refractivity contribution in [3.63, 3.8) is 0 Å². The number of aromatic nitrogens is 2. The fourth-order valence-electron chi connectivity index (χ4n) is 1.99. The lowest BCUT2D eigenvalue weighted by Gasteiger charge is -2.17. The van der Waals surface area contributed by atoms with Crippen molar-refractivity contribution in [1.29, 1.82) is 0 Å². The average molecular weight is 289 g/mol. The monoisotopic (exact) mass is 289 g/mol. The number of nitrogens with zero attached hydrogens (tertiary/aromatic N) is 3. The van der Waals surface area contributed by atoms with E-state index in [-0.39, 0.29) is 29.8 Å². The zero-order valence-electron chi connectivity index (χ0n) is 11.4. The third kappa shape index (κ3) is 3.23. The first-order valence-corrected chi connectivity index (χ1v) is 6.23. The Morgan fingerprint density at radius 3 is 2.62 bits per heavy atom. The molecule has 110 valence electrons. The highest BCUT2D eigenvalue weighted by atomic mass is 16.6. The average Bonchev–Trinajstić information content (AvgIpc) is 2.44. The Morgan fingerprint density at radius 2 is 2.05 bits per heavy atom. The number of rotatable bonds is 5. The van der Waals surface area contributed by atoms with Gasteiger partial charge in [-0.3, -0.25) is 10.1 Å². The molecule has 4 N–H and O–H groups in total. The molecular formula is C13H15N5O3. The molecule has 1 unspecified atom stereocenters. The molecule has 0 spiro atoms. The van der Waals surface area contributed by atoms with Gasteiger partial charge >= 0.3 is 5.69 Å². The van der Waals surface area contributed by atoms with Crippen LogP contribution in [0.25, 0.3) is 0 Å². The second-order valence-electron chi connectivity index (χ2n) is 4.41. The van der Waals surface area contributed by atoms with E-state index in [1.54, 1.807) is 12.1 Å². The zero-order chi connectivity index (χ0) is 15.4. The van der Waals surface area contributed by atoms with Crippen LogP contribution >= 0.6 is 0 Å². The fraction of sp³-hybridized carbons (Fsp3) is 0.231. The van der Waals surface area contributed by atoms with E-state index in [9.17, 15) is 15.2 Å². The Labute approximate surface area is 120 Å². The summed E-state index contributed by atoms with van der Waals surface area (Å²) in [5.41, 5.74) is 6.23. The molecule has 0 aliphatic carbocycles. The fourth-order valence-corrected chi connectivity index (χ4v) is 1.99. The minimum absolute atomic E-state index is 0.00657. The second-order valence-corrected chi connectivity index (χ2v) is 4.41. The highest BCUT2D eigenvalue weighted by Gasteiger charge is 2.24. The van der Waals surface area contributed by atoms with Gasteiger partial charge in [0.15, 0.2) is 0 Å². The van der Waals surface area contributed by atoms with Crippen molar-refractivity contribution in [2.45, 2.75) is 13.0 Å². The number of anilines is 2. The standard InChI is InChI=1S/C13H15N5O3/c1-8-11(18(20)21)12(17-13(14)15-8)16-10(7-19)9-5-3-2-4-6-9/h2-6,10,19H,7H2,1H3,(H3,14,15,16,17). The van der Waals surface area contributed by atoms with Gasteiger partial charge in [-0.05, 0) is 12.5 Å². The van der Waals surface area contributed by atoms with E-state index in [1.807, 2.05) is 18.2 Å². The van der Waals surface area contributed by atoms with Crippen LogP contribution in [0.15, 0.2) is 30.3 Å². The predicted molar refractivity (Wildman–Crippen MR) is 77.7 cm³/mol. The lowest BCUT2D eigenvalue weighted by molar-refractivity contribution is -0.385. The summed E-state index contributed by atoms with van der Waals surface area (Å²) in [5, 5.41) is 23.5. The first-order chi connectivity index (χ1) is 10.0. The smallest absolute Gasteiger partial charge is 0.332 e. The molecule has 0 saturated heterocycles. The number of hydrogen-bond acceptors (Lipinski definition) is 7. The molecular weight excluding hydrogens is 274 g/mol. The van der Waals surface area contributed by atoms with Crippen LogP contribution in [0.3, 0.4) is 0 Å². The number of nitrogens with two attached hydrogens (primary N) is 1. The van der Waals surface area contributed by atoms with Crippen LogP contribution < -0.4 is 11.1 Å². The van der Waals surface area contributed by atoms with Gasteiger partial charge in [0.25, 0.3) is 0 Å². The molecule has 2 rings (SSSR count). The third-order valence-corrected chi connectivity index (χ3v) is 2.95. The van der Waals surface area contributed by atoms with Gasteiger partial charge in [0.1, 0.15) is 5.69 Å². The number of aryl methyl sites for hydroxylation is 1. The predicted octanol–water partition coefficient (Wildman–Crippen LogP) is 1.42. The molecule has 8 nitrogen and oxygen atoms in total. The molecule has 0 saturated carbocycles. The highest BCUT2D eigenvalue weighted by Crippen LogP contribution is 2.29. The van der Waals surface area contributed by atoms with Crippen LogP contribution in [0.2, 0.25) is 0 Å². The van der Waals surface area contributed by atoms with Crippen LogP contribution in [-0.4, -0.2) is 26.6 Å². The summed E-state index contributed by atoms with van der Waals surface area (Å²) in [7, 11) is 0. The van der Waals surface area contributed by atoms with Gasteiger partial charge in [0, 0.05) is 0 Å². The first kappa shape index (κ1) is 14.7. The van der Waals surface area contributed by atoms with Crippen molar-refractivity contribution in [1.82, 2.24) is 9.97 Å². The lowest BCUT2D eigenvalue weighted by atomic mass is 10.1. The molecule has 0 aliphatic heterocycles. The van der Waals surface area contributed by atoms with Crippen LogP contribution in [0.1, 0.15) is 17.3 Å². The van der Waals surface area contributed by atoms with E-state index in [4.69, 9.17) is 5.73 Å². The van der Waals surface area contributed by atoms with Crippen molar-refractivity contribution in [2.75, 3.05) is 17.7 Å².